The predicted octanol–water partition coefficient (Wildman–Crippen LogP) is 3.15. The van der Waals surface area contributed by atoms with E-state index in [9.17, 15) is 27.7 Å². The molecule has 0 N–H and O–H groups in total. The Bertz CT molecular complexity index is 1050. The second-order valence-electron chi connectivity index (χ2n) is 5.51. The van der Waals surface area contributed by atoms with Crippen molar-refractivity contribution in [2.24, 2.45) is 0 Å². The average molecular weight is 447 g/mol. The molecular formula is C17H16ClFN2O7S. The predicted molar refractivity (Wildman–Crippen MR) is 102 cm³/mol. The summed E-state index contributed by atoms with van der Waals surface area (Å²) in [7, 11) is -3.34. The molecule has 0 atom stereocenters. The Labute approximate surface area is 170 Å². The maximum Gasteiger partial charge on any atom is 0.326 e. The van der Waals surface area contributed by atoms with Gasteiger partial charge >= 0.3 is 5.97 Å². The fourth-order valence-electron chi connectivity index (χ4n) is 2.36. The number of hydrogen-bond acceptors (Lipinski definition) is 7. The van der Waals surface area contributed by atoms with E-state index < -0.39 is 43.9 Å². The summed E-state index contributed by atoms with van der Waals surface area (Å²) in [6.45, 7) is 0.674. The van der Waals surface area contributed by atoms with Gasteiger partial charge in [0.05, 0.1) is 34.2 Å². The Morgan fingerprint density at radius 3 is 2.52 bits per heavy atom. The molecule has 0 bridgehead atoms. The van der Waals surface area contributed by atoms with Crippen molar-refractivity contribution in [1.82, 2.24) is 0 Å². The van der Waals surface area contributed by atoms with Gasteiger partial charge in [-0.3, -0.25) is 19.2 Å². The number of ether oxygens (including phenoxy) is 2. The van der Waals surface area contributed by atoms with Crippen LogP contribution in [0.15, 0.2) is 41.3 Å². The molecule has 29 heavy (non-hydrogen) atoms. The fraction of sp³-hybridized carbons (Fsp3) is 0.235. The molecule has 2 rings (SSSR count). The van der Waals surface area contributed by atoms with Crippen LogP contribution >= 0.6 is 11.6 Å². The van der Waals surface area contributed by atoms with Gasteiger partial charge in [-0.05, 0) is 31.2 Å². The number of hydrogen-bond donors (Lipinski definition) is 0. The molecule has 0 aliphatic rings. The molecule has 12 heteroatoms. The van der Waals surface area contributed by atoms with Crippen LogP contribution < -0.4 is 9.04 Å². The van der Waals surface area contributed by atoms with E-state index >= 15 is 0 Å². The summed E-state index contributed by atoms with van der Waals surface area (Å²) >= 11 is 6.05. The largest absolute Gasteiger partial charge is 0.494 e. The first kappa shape index (κ1) is 22.4. The standard InChI is InChI=1S/C17H16ClFN2O7S/c1-3-28-17(22)10-20(15-8-11(21(23)24)4-6-13(15)18)29(25,26)12-5-7-16(27-2)14(19)9-12/h4-9H,3,10H2,1-2H3. The Balaban J connectivity index is 2.64. The highest BCUT2D eigenvalue weighted by Gasteiger charge is 2.31. The Hall–Kier alpha value is -2.92. The van der Waals surface area contributed by atoms with Crippen LogP contribution in [0.5, 0.6) is 5.75 Å². The number of sulfonamides is 1. The summed E-state index contributed by atoms with van der Waals surface area (Å²) < 4.78 is 50.4. The number of carbonyl (C=O) groups excluding carboxylic acids is 1. The minimum absolute atomic E-state index is 0.0213. The molecule has 2 aromatic rings. The molecule has 0 saturated carbocycles. The Kier molecular flexibility index (Phi) is 6.98. The van der Waals surface area contributed by atoms with Gasteiger partial charge in [-0.2, -0.15) is 0 Å². The van der Waals surface area contributed by atoms with Crippen molar-refractivity contribution in [1.29, 1.82) is 0 Å². The van der Waals surface area contributed by atoms with Crippen molar-refractivity contribution < 1.29 is 32.0 Å². The van der Waals surface area contributed by atoms with E-state index in [4.69, 9.17) is 21.1 Å². The van der Waals surface area contributed by atoms with Gasteiger partial charge < -0.3 is 9.47 Å². The number of methoxy groups -OCH3 is 1. The van der Waals surface area contributed by atoms with Crippen LogP contribution in [-0.2, 0) is 19.6 Å². The number of nitro groups is 1. The van der Waals surface area contributed by atoms with Gasteiger partial charge in [0.15, 0.2) is 11.6 Å². The van der Waals surface area contributed by atoms with Crippen LogP contribution in [0.1, 0.15) is 6.92 Å². The first-order valence-electron chi connectivity index (χ1n) is 8.07. The smallest absolute Gasteiger partial charge is 0.326 e. The summed E-state index contributed by atoms with van der Waals surface area (Å²) in [6, 6.07) is 5.97. The van der Waals surface area contributed by atoms with E-state index in [1.807, 2.05) is 0 Å². The zero-order valence-corrected chi connectivity index (χ0v) is 16.9. The van der Waals surface area contributed by atoms with Gasteiger partial charge in [-0.25, -0.2) is 12.8 Å². The monoisotopic (exact) mass is 446 g/mol. The summed E-state index contributed by atoms with van der Waals surface area (Å²) in [5.74, 6) is -2.06. The average Bonchev–Trinajstić information content (AvgIpc) is 2.66. The van der Waals surface area contributed by atoms with Gasteiger partial charge in [0.2, 0.25) is 0 Å². The van der Waals surface area contributed by atoms with E-state index in [2.05, 4.69) is 0 Å². The molecular weight excluding hydrogens is 431 g/mol. The van der Waals surface area contributed by atoms with E-state index in [1.165, 1.54) is 14.0 Å². The first-order chi connectivity index (χ1) is 13.6. The molecule has 156 valence electrons. The SMILES string of the molecule is CCOC(=O)CN(c1cc([N+](=O)[O-])ccc1Cl)S(=O)(=O)c1ccc(OC)c(F)c1. The summed E-state index contributed by atoms with van der Waals surface area (Å²) in [6.07, 6.45) is 0. The molecule has 0 aliphatic carbocycles. The van der Waals surface area contributed by atoms with E-state index in [0.29, 0.717) is 10.4 Å². The number of anilines is 1. The van der Waals surface area contributed by atoms with Gasteiger partial charge in [0.25, 0.3) is 15.7 Å². The van der Waals surface area contributed by atoms with Gasteiger partial charge in [0.1, 0.15) is 6.54 Å². The molecule has 0 fully saturated rings. The zero-order valence-electron chi connectivity index (χ0n) is 15.3. The van der Waals surface area contributed by atoms with E-state index in [1.54, 1.807) is 0 Å². The Morgan fingerprint density at radius 1 is 1.28 bits per heavy atom. The summed E-state index contributed by atoms with van der Waals surface area (Å²) in [4.78, 5) is 21.8. The maximum absolute atomic E-state index is 14.1. The number of nitro benzene ring substituents is 1. The van der Waals surface area contributed by atoms with E-state index in [-0.39, 0.29) is 23.1 Å². The number of non-ortho nitro benzene ring substituents is 1. The molecule has 0 aromatic heterocycles. The molecule has 2 aromatic carbocycles. The van der Waals surface area contributed by atoms with Crippen LogP contribution in [0.4, 0.5) is 15.8 Å². The highest BCUT2D eigenvalue weighted by atomic mass is 35.5. The minimum Gasteiger partial charge on any atom is -0.494 e. The normalized spacial score (nSPS) is 11.0. The zero-order chi connectivity index (χ0) is 21.8. The molecule has 0 unspecified atom stereocenters. The van der Waals surface area contributed by atoms with Crippen molar-refractivity contribution in [3.63, 3.8) is 0 Å². The quantitative estimate of drug-likeness (QED) is 0.347. The number of esters is 1. The molecule has 9 nitrogen and oxygen atoms in total. The lowest BCUT2D eigenvalue weighted by molar-refractivity contribution is -0.384. The highest BCUT2D eigenvalue weighted by Crippen LogP contribution is 2.34. The lowest BCUT2D eigenvalue weighted by Gasteiger charge is -2.24. The number of carbonyl (C=O) groups is 1. The number of nitrogens with zero attached hydrogens (tertiary/aromatic N) is 2. The molecule has 0 radical (unpaired) electrons. The van der Waals surface area contributed by atoms with E-state index in [0.717, 1.165) is 30.3 Å². The second-order valence-corrected chi connectivity index (χ2v) is 7.78. The second kappa shape index (κ2) is 9.05. The molecule has 0 aliphatic heterocycles. The molecule has 0 spiro atoms. The highest BCUT2D eigenvalue weighted by molar-refractivity contribution is 7.92. The van der Waals surface area contributed by atoms with Crippen molar-refractivity contribution in [2.75, 3.05) is 24.6 Å². The van der Waals surface area contributed by atoms with Crippen molar-refractivity contribution >= 4 is 39.0 Å². The molecule has 0 heterocycles. The van der Waals surface area contributed by atoms with Crippen molar-refractivity contribution in [2.45, 2.75) is 11.8 Å². The number of benzene rings is 2. The number of rotatable bonds is 8. The third kappa shape index (κ3) is 4.93. The third-order valence-electron chi connectivity index (χ3n) is 3.70. The lowest BCUT2D eigenvalue weighted by Crippen LogP contribution is -2.37. The van der Waals surface area contributed by atoms with Gasteiger partial charge in [-0.15, -0.1) is 0 Å². The maximum atomic E-state index is 14.1. The van der Waals surface area contributed by atoms with Crippen LogP contribution in [0.25, 0.3) is 0 Å². The van der Waals surface area contributed by atoms with Crippen LogP contribution in [-0.4, -0.2) is 39.6 Å². The number of halogens is 2. The van der Waals surface area contributed by atoms with Gasteiger partial charge in [0, 0.05) is 12.1 Å². The summed E-state index contributed by atoms with van der Waals surface area (Å²) in [5, 5.41) is 10.9. The van der Waals surface area contributed by atoms with Crippen LogP contribution in [0.2, 0.25) is 5.02 Å². The fourth-order valence-corrected chi connectivity index (χ4v) is 4.07. The van der Waals surface area contributed by atoms with Crippen LogP contribution in [0, 0.1) is 15.9 Å². The van der Waals surface area contributed by atoms with Gasteiger partial charge in [-0.1, -0.05) is 11.6 Å². The van der Waals surface area contributed by atoms with Crippen molar-refractivity contribution in [3.8, 4) is 5.75 Å². The molecule has 0 saturated heterocycles. The lowest BCUT2D eigenvalue weighted by atomic mass is 10.3. The topological polar surface area (TPSA) is 116 Å². The molecule has 0 amide bonds. The minimum atomic E-state index is -4.55. The Morgan fingerprint density at radius 2 is 1.97 bits per heavy atom. The first-order valence-corrected chi connectivity index (χ1v) is 9.89. The van der Waals surface area contributed by atoms with Crippen LogP contribution in [0.3, 0.4) is 0 Å². The summed E-state index contributed by atoms with van der Waals surface area (Å²) in [5.41, 5.74) is -0.778. The third-order valence-corrected chi connectivity index (χ3v) is 5.77. The van der Waals surface area contributed by atoms with Crippen molar-refractivity contribution in [3.05, 3.63) is 57.4 Å².